The van der Waals surface area contributed by atoms with Crippen molar-refractivity contribution in [3.8, 4) is 0 Å². The Morgan fingerprint density at radius 3 is 1.13 bits per heavy atom. The molecule has 5 atom stereocenters. The van der Waals surface area contributed by atoms with Crippen molar-refractivity contribution in [2.75, 3.05) is 39.6 Å². The summed E-state index contributed by atoms with van der Waals surface area (Å²) in [7, 11) is -9.81. The third-order valence-corrected chi connectivity index (χ3v) is 13.4. The van der Waals surface area contributed by atoms with Gasteiger partial charge in [0.05, 0.1) is 26.4 Å². The number of esters is 3. The van der Waals surface area contributed by atoms with Crippen LogP contribution in [-0.4, -0.2) is 95.9 Å². The lowest BCUT2D eigenvalue weighted by molar-refractivity contribution is -0.161. The molecule has 83 heavy (non-hydrogen) atoms. The lowest BCUT2D eigenvalue weighted by Gasteiger charge is -2.21. The van der Waals surface area contributed by atoms with Gasteiger partial charge in [-0.1, -0.05) is 199 Å². The van der Waals surface area contributed by atoms with Crippen molar-refractivity contribution in [2.24, 2.45) is 0 Å². The Balaban J connectivity index is 4.77. The number of phosphoric ester groups is 2. The molecule has 18 heteroatoms. The average Bonchev–Trinajstić information content (AvgIpc) is 3.47. The Labute approximate surface area is 498 Å². The summed E-state index contributed by atoms with van der Waals surface area (Å²) in [4.78, 5) is 58.0. The van der Waals surface area contributed by atoms with Gasteiger partial charge < -0.3 is 34.2 Å². The zero-order chi connectivity index (χ0) is 61.0. The second-order valence-electron chi connectivity index (χ2n) is 19.4. The molecule has 0 aliphatic heterocycles. The van der Waals surface area contributed by atoms with Crippen LogP contribution in [0, 0.1) is 0 Å². The Morgan fingerprint density at radius 1 is 0.349 bits per heavy atom. The third-order valence-electron chi connectivity index (χ3n) is 11.5. The van der Waals surface area contributed by atoms with Gasteiger partial charge in [0.15, 0.2) is 6.10 Å². The van der Waals surface area contributed by atoms with Gasteiger partial charge in [-0.05, 0) is 116 Å². The van der Waals surface area contributed by atoms with E-state index >= 15 is 0 Å². The molecule has 470 valence electrons. The first-order chi connectivity index (χ1) is 40.2. The van der Waals surface area contributed by atoms with E-state index in [2.05, 4.69) is 136 Å². The van der Waals surface area contributed by atoms with Crippen molar-refractivity contribution in [1.29, 1.82) is 0 Å². The van der Waals surface area contributed by atoms with Crippen molar-refractivity contribution >= 4 is 33.6 Å². The first-order valence-corrected chi connectivity index (χ1v) is 33.1. The molecule has 0 rings (SSSR count). The van der Waals surface area contributed by atoms with Crippen LogP contribution in [-0.2, 0) is 55.8 Å². The van der Waals surface area contributed by atoms with Crippen molar-refractivity contribution in [2.45, 2.75) is 206 Å². The first kappa shape index (κ1) is 78.4. The second-order valence-corrected chi connectivity index (χ2v) is 22.3. The van der Waals surface area contributed by atoms with Crippen LogP contribution in [0.5, 0.6) is 0 Å². The molecule has 5 unspecified atom stereocenters. The number of allylic oxidation sites excluding steroid dienone is 24. The number of rotatable bonds is 55. The minimum Gasteiger partial charge on any atom is -0.463 e. The molecule has 4 N–H and O–H groups in total. The molecule has 0 aliphatic rings. The fraction of sp³-hybridized carbons (Fsp3) is 0.585. The van der Waals surface area contributed by atoms with Crippen molar-refractivity contribution < 1.29 is 75.8 Å². The van der Waals surface area contributed by atoms with E-state index in [0.29, 0.717) is 32.1 Å². The maximum absolute atomic E-state index is 12.8. The van der Waals surface area contributed by atoms with Crippen molar-refractivity contribution in [1.82, 2.24) is 0 Å². The maximum Gasteiger partial charge on any atom is 0.472 e. The molecule has 0 amide bonds. The van der Waals surface area contributed by atoms with E-state index < -0.39 is 91.5 Å². The van der Waals surface area contributed by atoms with E-state index in [9.17, 15) is 43.5 Å². The highest BCUT2D eigenvalue weighted by molar-refractivity contribution is 7.47. The number of ether oxygens (including phenoxy) is 3. The van der Waals surface area contributed by atoms with Gasteiger partial charge in [0.25, 0.3) is 0 Å². The van der Waals surface area contributed by atoms with E-state index in [1.807, 2.05) is 30.4 Å². The average molecular weight is 1200 g/mol. The van der Waals surface area contributed by atoms with Crippen LogP contribution >= 0.6 is 15.6 Å². The molecule has 0 fully saturated rings. The van der Waals surface area contributed by atoms with E-state index in [1.165, 1.54) is 12.8 Å². The summed E-state index contributed by atoms with van der Waals surface area (Å²) in [5.74, 6) is -1.75. The molecule has 0 spiro atoms. The van der Waals surface area contributed by atoms with Gasteiger partial charge in [0.2, 0.25) is 0 Å². The van der Waals surface area contributed by atoms with Gasteiger partial charge in [-0.2, -0.15) is 0 Å². The van der Waals surface area contributed by atoms with Crippen molar-refractivity contribution in [3.05, 3.63) is 146 Å². The van der Waals surface area contributed by atoms with Crippen LogP contribution in [0.4, 0.5) is 0 Å². The Morgan fingerprint density at radius 2 is 0.675 bits per heavy atom. The van der Waals surface area contributed by atoms with Crippen LogP contribution in [0.25, 0.3) is 0 Å². The molecule has 0 aromatic rings. The molecular weight excluding hydrogens is 1100 g/mol. The van der Waals surface area contributed by atoms with Gasteiger partial charge in [-0.3, -0.25) is 32.5 Å². The number of aliphatic hydroxyl groups is 2. The molecular formula is C65H104O16P2. The van der Waals surface area contributed by atoms with Crippen LogP contribution in [0.2, 0.25) is 0 Å². The van der Waals surface area contributed by atoms with Crippen LogP contribution in [0.1, 0.15) is 188 Å². The number of hydrogen-bond donors (Lipinski definition) is 4. The van der Waals surface area contributed by atoms with Crippen molar-refractivity contribution in [3.63, 3.8) is 0 Å². The molecule has 0 saturated carbocycles. The topological polar surface area (TPSA) is 231 Å². The fourth-order valence-electron chi connectivity index (χ4n) is 6.96. The molecule has 16 nitrogen and oxygen atoms in total. The number of unbranched alkanes of at least 4 members (excludes halogenated alkanes) is 8. The number of phosphoric acid groups is 2. The minimum absolute atomic E-state index is 0.0542. The summed E-state index contributed by atoms with van der Waals surface area (Å²) in [6.45, 7) is 2.16. The van der Waals surface area contributed by atoms with Crippen LogP contribution in [0.3, 0.4) is 0 Å². The fourth-order valence-corrected chi connectivity index (χ4v) is 8.55. The number of carbonyl (C=O) groups is 3. The maximum atomic E-state index is 12.8. The summed E-state index contributed by atoms with van der Waals surface area (Å²) in [5.41, 5.74) is 0. The molecule has 0 heterocycles. The van der Waals surface area contributed by atoms with Gasteiger partial charge in [-0.15, -0.1) is 0 Å². The molecule has 0 aliphatic carbocycles. The number of aliphatic hydroxyl groups excluding tert-OH is 2. The Kier molecular flexibility index (Phi) is 54.7. The second kappa shape index (κ2) is 57.8. The van der Waals surface area contributed by atoms with Gasteiger partial charge in [0.1, 0.15) is 25.4 Å². The predicted molar refractivity (Wildman–Crippen MR) is 334 cm³/mol. The molecule has 0 radical (unpaired) electrons. The molecule has 0 bridgehead atoms. The van der Waals surface area contributed by atoms with Crippen LogP contribution in [0.15, 0.2) is 146 Å². The summed E-state index contributed by atoms with van der Waals surface area (Å²) in [6.07, 6.45) is 66.6. The summed E-state index contributed by atoms with van der Waals surface area (Å²) in [5, 5.41) is 20.4. The largest absolute Gasteiger partial charge is 0.472 e. The predicted octanol–water partition coefficient (Wildman–Crippen LogP) is 15.9. The highest BCUT2D eigenvalue weighted by Crippen LogP contribution is 2.45. The SMILES string of the molecule is CC/C=C\C/C=C\C/C=C\C/C=C\C/C=C\C/C=C\CCC(=O)OCC(O)COP(=O)(O)OCC(O)COP(=O)(O)OCC(COC(=O)CCC/C=C\C/C=C\C/C=C\C/C=C\C/C=C\CC)OC(=O)CCCCCCC/C=C\CCCC. The highest BCUT2D eigenvalue weighted by Gasteiger charge is 2.29. The zero-order valence-corrected chi connectivity index (χ0v) is 52.1. The smallest absolute Gasteiger partial charge is 0.463 e. The molecule has 0 saturated heterocycles. The normalized spacial score (nSPS) is 15.4. The molecule has 0 aromatic carbocycles. The van der Waals surface area contributed by atoms with Crippen LogP contribution < -0.4 is 0 Å². The lowest BCUT2D eigenvalue weighted by atomic mass is 10.1. The number of carbonyl (C=O) groups excluding carboxylic acids is 3. The van der Waals surface area contributed by atoms with Gasteiger partial charge >= 0.3 is 33.6 Å². The van der Waals surface area contributed by atoms with E-state index in [0.717, 1.165) is 103 Å². The Hall–Kier alpha value is -4.57. The van der Waals surface area contributed by atoms with Gasteiger partial charge in [0, 0.05) is 19.3 Å². The summed E-state index contributed by atoms with van der Waals surface area (Å²) >= 11 is 0. The number of hydrogen-bond acceptors (Lipinski definition) is 14. The Bertz CT molecular complexity index is 2100. The standard InChI is InChI=1S/C65H104O16P2/c1-4-7-10-13-16-19-22-24-26-28-29-31-33-34-37-39-42-45-48-51-63(68)75-54-60(66)55-77-82(71,72)78-56-61(67)57-79-83(73,74)80-59-62(81-65(70)53-50-47-44-41-36-21-18-15-12-9-6-3)58-76-64(69)52-49-46-43-40-38-35-32-30-27-25-23-20-17-14-11-8-5-2/h7-8,10-11,15-20,24-27,29,31-32,34-35,37,40,42-43,45,60-62,66-67H,4-6,9,12-14,21-23,28,30,33,36,38-39,41,44,46-59H2,1-3H3,(H,71,72)(H,73,74)/b10-7-,11-8-,18-15-,19-16-,20-17-,26-24-,27-25-,31-29-,35-32-,37-34-,43-40-,45-42-. The minimum atomic E-state index is -4.94. The third kappa shape index (κ3) is 59.0. The first-order valence-electron chi connectivity index (χ1n) is 30.1. The van der Waals surface area contributed by atoms with Gasteiger partial charge in [-0.25, -0.2) is 9.13 Å². The monoisotopic (exact) mass is 1200 g/mol. The summed E-state index contributed by atoms with van der Waals surface area (Å²) in [6, 6.07) is 0. The van der Waals surface area contributed by atoms with E-state index in [1.54, 1.807) is 0 Å². The lowest BCUT2D eigenvalue weighted by Crippen LogP contribution is -2.30. The van der Waals surface area contributed by atoms with E-state index in [-0.39, 0.29) is 19.3 Å². The zero-order valence-electron chi connectivity index (χ0n) is 50.3. The molecule has 0 aromatic heterocycles. The summed E-state index contributed by atoms with van der Waals surface area (Å²) < 4.78 is 60.4. The quantitative estimate of drug-likeness (QED) is 0.0146. The highest BCUT2D eigenvalue weighted by atomic mass is 31.2. The van der Waals surface area contributed by atoms with E-state index in [4.69, 9.17) is 32.3 Å².